The number of nitro benzene ring substituents is 1. The molecule has 0 unspecified atom stereocenters. The van der Waals surface area contributed by atoms with Crippen LogP contribution in [0.5, 0.6) is 0 Å². The molecule has 0 radical (unpaired) electrons. The number of aliphatic hydroxyl groups is 1. The van der Waals surface area contributed by atoms with Gasteiger partial charge in [-0.25, -0.2) is 0 Å². The monoisotopic (exact) mass is 314 g/mol. The van der Waals surface area contributed by atoms with Crippen molar-refractivity contribution in [3.05, 3.63) is 75.8 Å². The van der Waals surface area contributed by atoms with Crippen LogP contribution in [0, 0.1) is 10.1 Å². The van der Waals surface area contributed by atoms with E-state index in [-0.39, 0.29) is 11.7 Å². The first-order valence-electron chi connectivity index (χ1n) is 7.76. The van der Waals surface area contributed by atoms with Crippen LogP contribution in [-0.2, 0) is 6.42 Å². The van der Waals surface area contributed by atoms with Gasteiger partial charge < -0.3 is 10.4 Å². The lowest BCUT2D eigenvalue weighted by Gasteiger charge is -2.17. The topological polar surface area (TPSA) is 75.4 Å². The highest BCUT2D eigenvalue weighted by atomic mass is 16.6. The van der Waals surface area contributed by atoms with Crippen molar-refractivity contribution < 1.29 is 10.0 Å². The number of hydrogen-bond acceptors (Lipinski definition) is 4. The lowest BCUT2D eigenvalue weighted by Crippen LogP contribution is -2.30. The van der Waals surface area contributed by atoms with Gasteiger partial charge in [0.2, 0.25) is 0 Å². The fourth-order valence-electron chi connectivity index (χ4n) is 2.41. The third-order valence-corrected chi connectivity index (χ3v) is 3.83. The quantitative estimate of drug-likeness (QED) is 0.579. The number of nitro groups is 1. The van der Waals surface area contributed by atoms with E-state index in [1.54, 1.807) is 12.1 Å². The van der Waals surface area contributed by atoms with Gasteiger partial charge in [-0.15, -0.1) is 0 Å². The van der Waals surface area contributed by atoms with Crippen LogP contribution >= 0.6 is 0 Å². The minimum Gasteiger partial charge on any atom is -0.387 e. The summed E-state index contributed by atoms with van der Waals surface area (Å²) in [7, 11) is 0. The van der Waals surface area contributed by atoms with Gasteiger partial charge in [-0.05, 0) is 30.9 Å². The molecule has 2 aromatic rings. The van der Waals surface area contributed by atoms with Crippen LogP contribution in [0.4, 0.5) is 5.69 Å². The van der Waals surface area contributed by atoms with Gasteiger partial charge in [0.1, 0.15) is 0 Å². The second-order valence-corrected chi connectivity index (χ2v) is 5.70. The molecule has 0 amide bonds. The van der Waals surface area contributed by atoms with Crippen molar-refractivity contribution in [2.45, 2.75) is 31.9 Å². The molecule has 0 fully saturated rings. The van der Waals surface area contributed by atoms with Crippen molar-refractivity contribution in [2.75, 3.05) is 6.54 Å². The van der Waals surface area contributed by atoms with Gasteiger partial charge in [0.25, 0.3) is 5.69 Å². The van der Waals surface area contributed by atoms with Crippen molar-refractivity contribution in [1.29, 1.82) is 0 Å². The molecular weight excluding hydrogens is 292 g/mol. The molecule has 0 heterocycles. The molecule has 0 aromatic heterocycles. The zero-order valence-electron chi connectivity index (χ0n) is 13.2. The third kappa shape index (κ3) is 5.47. The summed E-state index contributed by atoms with van der Waals surface area (Å²) in [5.41, 5.74) is 1.85. The van der Waals surface area contributed by atoms with Crippen LogP contribution < -0.4 is 5.32 Å². The summed E-state index contributed by atoms with van der Waals surface area (Å²) < 4.78 is 0. The molecule has 0 bridgehead atoms. The number of hydrogen-bond donors (Lipinski definition) is 2. The highest BCUT2D eigenvalue weighted by molar-refractivity contribution is 5.35. The maximum absolute atomic E-state index is 10.8. The van der Waals surface area contributed by atoms with Crippen molar-refractivity contribution in [3.8, 4) is 0 Å². The van der Waals surface area contributed by atoms with Gasteiger partial charge in [-0.3, -0.25) is 10.1 Å². The fourth-order valence-corrected chi connectivity index (χ4v) is 2.41. The van der Waals surface area contributed by atoms with E-state index in [0.29, 0.717) is 12.1 Å². The van der Waals surface area contributed by atoms with Crippen LogP contribution in [0.3, 0.4) is 0 Å². The Morgan fingerprint density at radius 3 is 2.61 bits per heavy atom. The Hall–Kier alpha value is -2.24. The molecule has 2 aromatic carbocycles. The van der Waals surface area contributed by atoms with Gasteiger partial charge in [0.15, 0.2) is 0 Å². The normalized spacial score (nSPS) is 13.5. The molecule has 2 atom stereocenters. The standard InChI is InChI=1S/C18H22N2O3/c1-14(10-11-15-6-3-2-4-7-15)19-13-18(21)16-8-5-9-17(12-16)20(22)23/h2-9,12,14,18-19,21H,10-11,13H2,1H3/t14-,18-/m1/s1. The Balaban J connectivity index is 1.80. The highest BCUT2D eigenvalue weighted by Gasteiger charge is 2.13. The molecule has 122 valence electrons. The average molecular weight is 314 g/mol. The average Bonchev–Trinajstić information content (AvgIpc) is 2.58. The number of nitrogens with zero attached hydrogens (tertiary/aromatic N) is 1. The Kier molecular flexibility index (Phi) is 6.26. The molecule has 0 aliphatic carbocycles. The molecule has 23 heavy (non-hydrogen) atoms. The van der Waals surface area contributed by atoms with Crippen molar-refractivity contribution in [1.82, 2.24) is 5.32 Å². The molecular formula is C18H22N2O3. The smallest absolute Gasteiger partial charge is 0.269 e. The maximum Gasteiger partial charge on any atom is 0.269 e. The fraction of sp³-hybridized carbons (Fsp3) is 0.333. The first kappa shape index (κ1) is 17.1. The Morgan fingerprint density at radius 1 is 1.17 bits per heavy atom. The molecule has 5 nitrogen and oxygen atoms in total. The predicted molar refractivity (Wildman–Crippen MR) is 90.3 cm³/mol. The van der Waals surface area contributed by atoms with E-state index >= 15 is 0 Å². The van der Waals surface area contributed by atoms with Crippen molar-refractivity contribution in [2.24, 2.45) is 0 Å². The summed E-state index contributed by atoms with van der Waals surface area (Å²) in [6.07, 6.45) is 1.18. The largest absolute Gasteiger partial charge is 0.387 e. The Morgan fingerprint density at radius 2 is 1.91 bits per heavy atom. The summed E-state index contributed by atoms with van der Waals surface area (Å²) >= 11 is 0. The van der Waals surface area contributed by atoms with Gasteiger partial charge in [-0.2, -0.15) is 0 Å². The lowest BCUT2D eigenvalue weighted by molar-refractivity contribution is -0.385. The van der Waals surface area contributed by atoms with E-state index in [1.165, 1.54) is 17.7 Å². The minimum atomic E-state index is -0.755. The van der Waals surface area contributed by atoms with Crippen LogP contribution in [0.1, 0.15) is 30.6 Å². The van der Waals surface area contributed by atoms with E-state index in [1.807, 2.05) is 18.2 Å². The molecule has 0 spiro atoms. The number of aryl methyl sites for hydroxylation is 1. The van der Waals surface area contributed by atoms with Gasteiger partial charge in [-0.1, -0.05) is 42.5 Å². The predicted octanol–water partition coefficient (Wildman–Crippen LogP) is 3.24. The second kappa shape index (κ2) is 8.41. The van der Waals surface area contributed by atoms with Crippen molar-refractivity contribution >= 4 is 5.69 Å². The molecule has 2 N–H and O–H groups in total. The molecule has 0 saturated carbocycles. The van der Waals surface area contributed by atoms with Crippen LogP contribution in [-0.4, -0.2) is 22.6 Å². The van der Waals surface area contributed by atoms with Crippen LogP contribution in [0.25, 0.3) is 0 Å². The molecule has 0 aliphatic rings. The Labute approximate surface area is 136 Å². The van der Waals surface area contributed by atoms with E-state index in [4.69, 9.17) is 0 Å². The highest BCUT2D eigenvalue weighted by Crippen LogP contribution is 2.19. The molecule has 0 aliphatic heterocycles. The summed E-state index contributed by atoms with van der Waals surface area (Å²) in [4.78, 5) is 10.3. The van der Waals surface area contributed by atoms with Crippen LogP contribution in [0.2, 0.25) is 0 Å². The van der Waals surface area contributed by atoms with E-state index in [9.17, 15) is 15.2 Å². The number of benzene rings is 2. The maximum atomic E-state index is 10.8. The van der Waals surface area contributed by atoms with E-state index in [2.05, 4.69) is 24.4 Å². The molecule has 0 saturated heterocycles. The lowest BCUT2D eigenvalue weighted by atomic mass is 10.1. The molecule has 2 rings (SSSR count). The Bertz CT molecular complexity index is 631. The zero-order chi connectivity index (χ0) is 16.7. The second-order valence-electron chi connectivity index (χ2n) is 5.70. The summed E-state index contributed by atoms with van der Waals surface area (Å²) in [5.74, 6) is 0. The van der Waals surface area contributed by atoms with Crippen LogP contribution in [0.15, 0.2) is 54.6 Å². The number of aliphatic hydroxyl groups excluding tert-OH is 1. The van der Waals surface area contributed by atoms with Gasteiger partial charge in [0.05, 0.1) is 11.0 Å². The van der Waals surface area contributed by atoms with Gasteiger partial charge in [0, 0.05) is 24.7 Å². The number of nitrogens with one attached hydrogen (secondary N) is 1. The first-order valence-corrected chi connectivity index (χ1v) is 7.76. The molecule has 5 heteroatoms. The minimum absolute atomic E-state index is 0.00123. The third-order valence-electron chi connectivity index (χ3n) is 3.83. The number of non-ortho nitro benzene ring substituents is 1. The number of rotatable bonds is 8. The summed E-state index contributed by atoms with van der Waals surface area (Å²) in [6.45, 7) is 2.44. The van der Waals surface area contributed by atoms with Gasteiger partial charge >= 0.3 is 0 Å². The van der Waals surface area contributed by atoms with Crippen molar-refractivity contribution in [3.63, 3.8) is 0 Å². The summed E-state index contributed by atoms with van der Waals surface area (Å²) in [5, 5.41) is 24.2. The zero-order valence-corrected chi connectivity index (χ0v) is 13.2. The SMILES string of the molecule is C[C@H](CCc1ccccc1)NC[C@@H](O)c1cccc([N+](=O)[O-])c1. The first-order chi connectivity index (χ1) is 11.1. The van der Waals surface area contributed by atoms with E-state index < -0.39 is 11.0 Å². The summed E-state index contributed by atoms with van der Waals surface area (Å²) in [6, 6.07) is 16.6. The van der Waals surface area contributed by atoms with E-state index in [0.717, 1.165) is 12.8 Å².